The molecule has 0 radical (unpaired) electrons. The van der Waals surface area contributed by atoms with Crippen LogP contribution in [0.4, 0.5) is 0 Å². The van der Waals surface area contributed by atoms with Gasteiger partial charge in [0.2, 0.25) is 0 Å². The maximum Gasteiger partial charge on any atom is 0.252 e. The summed E-state index contributed by atoms with van der Waals surface area (Å²) >= 11 is 1.48. The van der Waals surface area contributed by atoms with Crippen molar-refractivity contribution in [1.82, 2.24) is 5.32 Å². The van der Waals surface area contributed by atoms with Crippen LogP contribution in [0.15, 0.2) is 11.4 Å². The van der Waals surface area contributed by atoms with E-state index in [9.17, 15) is 4.79 Å². The summed E-state index contributed by atoms with van der Waals surface area (Å²) in [6.07, 6.45) is 3.76. The summed E-state index contributed by atoms with van der Waals surface area (Å²) in [7, 11) is 0. The van der Waals surface area contributed by atoms with Crippen molar-refractivity contribution in [1.29, 1.82) is 0 Å². The van der Waals surface area contributed by atoms with Gasteiger partial charge in [-0.25, -0.2) is 0 Å². The number of thiophene rings is 1. The molecule has 0 atom stereocenters. The molecule has 0 aliphatic heterocycles. The number of nitrogens with two attached hydrogens (primary N) is 1. The molecule has 0 bridgehead atoms. The molecule has 1 aromatic heterocycles. The Balaban J connectivity index is 1.82. The summed E-state index contributed by atoms with van der Waals surface area (Å²) in [5.74, 6) is 6.56. The second kappa shape index (κ2) is 5.85. The first-order valence-corrected chi connectivity index (χ1v) is 6.73. The van der Waals surface area contributed by atoms with E-state index in [1.807, 2.05) is 11.4 Å². The Bertz CT molecular complexity index is 451. The molecule has 1 heterocycles. The van der Waals surface area contributed by atoms with Gasteiger partial charge in [-0.1, -0.05) is 24.7 Å². The number of carbonyl (C=O) groups excluding carboxylic acids is 1. The monoisotopic (exact) mass is 248 g/mol. The maximum absolute atomic E-state index is 11.8. The molecular weight excluding hydrogens is 232 g/mol. The van der Waals surface area contributed by atoms with Crippen LogP contribution >= 0.6 is 11.3 Å². The van der Waals surface area contributed by atoms with Crippen LogP contribution < -0.4 is 11.1 Å². The van der Waals surface area contributed by atoms with Crippen molar-refractivity contribution < 1.29 is 4.79 Å². The van der Waals surface area contributed by atoms with Gasteiger partial charge in [-0.3, -0.25) is 4.79 Å². The minimum atomic E-state index is 0.00250. The summed E-state index contributed by atoms with van der Waals surface area (Å²) in [4.78, 5) is 12.6. The molecule has 90 valence electrons. The van der Waals surface area contributed by atoms with Crippen LogP contribution in [-0.4, -0.2) is 19.0 Å². The predicted molar refractivity (Wildman–Crippen MR) is 69.9 cm³/mol. The number of rotatable bonds is 4. The summed E-state index contributed by atoms with van der Waals surface area (Å²) in [5, 5.41) is 4.77. The van der Waals surface area contributed by atoms with E-state index in [4.69, 9.17) is 5.73 Å². The molecule has 0 aromatic carbocycles. The van der Waals surface area contributed by atoms with Crippen LogP contribution in [0.1, 0.15) is 34.5 Å². The lowest BCUT2D eigenvalue weighted by molar-refractivity contribution is 0.0953. The summed E-state index contributed by atoms with van der Waals surface area (Å²) in [5.41, 5.74) is 6.00. The Morgan fingerprint density at radius 1 is 1.59 bits per heavy atom. The van der Waals surface area contributed by atoms with E-state index < -0.39 is 0 Å². The van der Waals surface area contributed by atoms with E-state index in [0.29, 0.717) is 12.1 Å². The first-order valence-electron chi connectivity index (χ1n) is 5.85. The van der Waals surface area contributed by atoms with Gasteiger partial charge in [-0.05, 0) is 18.4 Å². The highest BCUT2D eigenvalue weighted by molar-refractivity contribution is 7.10. The van der Waals surface area contributed by atoms with Gasteiger partial charge in [0.1, 0.15) is 0 Å². The molecule has 0 saturated heterocycles. The lowest BCUT2D eigenvalue weighted by Crippen LogP contribution is -2.24. The average Bonchev–Trinajstić information content (AvgIpc) is 3.03. The first kappa shape index (κ1) is 12.2. The zero-order valence-corrected chi connectivity index (χ0v) is 10.5. The van der Waals surface area contributed by atoms with Crippen LogP contribution in [-0.2, 0) is 0 Å². The van der Waals surface area contributed by atoms with Gasteiger partial charge in [0.05, 0.1) is 17.0 Å². The van der Waals surface area contributed by atoms with Crippen LogP contribution in [0, 0.1) is 17.8 Å². The molecule has 0 unspecified atom stereocenters. The van der Waals surface area contributed by atoms with Gasteiger partial charge in [0, 0.05) is 11.9 Å². The van der Waals surface area contributed by atoms with Crippen molar-refractivity contribution in [3.8, 4) is 11.8 Å². The van der Waals surface area contributed by atoms with Crippen LogP contribution in [0.5, 0.6) is 0 Å². The number of amides is 1. The molecule has 1 saturated carbocycles. The average molecular weight is 248 g/mol. The molecule has 1 amide bonds. The van der Waals surface area contributed by atoms with Gasteiger partial charge in [-0.15, -0.1) is 11.3 Å². The van der Waals surface area contributed by atoms with E-state index in [2.05, 4.69) is 17.2 Å². The maximum atomic E-state index is 11.8. The highest BCUT2D eigenvalue weighted by Crippen LogP contribution is 2.31. The van der Waals surface area contributed by atoms with E-state index in [1.54, 1.807) is 0 Å². The molecule has 17 heavy (non-hydrogen) atoms. The standard InChI is InChI=1S/C13H16N2OS/c14-6-1-2-12-8-11(9-17-12)13(16)15-7-5-10-3-4-10/h8-10H,3-7,14H2,(H,15,16). The Kier molecular flexibility index (Phi) is 4.18. The fourth-order valence-corrected chi connectivity index (χ4v) is 2.31. The van der Waals surface area contributed by atoms with E-state index in [-0.39, 0.29) is 5.91 Å². The third kappa shape index (κ3) is 3.88. The Labute approximate surface area is 105 Å². The predicted octanol–water partition coefficient (Wildman–Crippen LogP) is 1.59. The Hall–Kier alpha value is -1.31. The quantitative estimate of drug-likeness (QED) is 0.795. The van der Waals surface area contributed by atoms with E-state index >= 15 is 0 Å². The molecule has 1 fully saturated rings. The SMILES string of the molecule is NCC#Cc1cc(C(=O)NCCC2CC2)cs1. The largest absolute Gasteiger partial charge is 0.352 e. The highest BCUT2D eigenvalue weighted by Gasteiger charge is 2.20. The van der Waals surface area contributed by atoms with Crippen molar-refractivity contribution in [2.45, 2.75) is 19.3 Å². The lowest BCUT2D eigenvalue weighted by Gasteiger charge is -2.01. The zero-order valence-electron chi connectivity index (χ0n) is 9.66. The molecule has 4 heteroatoms. The summed E-state index contributed by atoms with van der Waals surface area (Å²) in [6.45, 7) is 1.13. The van der Waals surface area contributed by atoms with Crippen molar-refractivity contribution in [2.75, 3.05) is 13.1 Å². The van der Waals surface area contributed by atoms with Crippen molar-refractivity contribution >= 4 is 17.2 Å². The second-order valence-electron chi connectivity index (χ2n) is 4.19. The third-order valence-corrected chi connectivity index (χ3v) is 3.56. The molecule has 2 rings (SSSR count). The van der Waals surface area contributed by atoms with Gasteiger partial charge >= 0.3 is 0 Å². The Morgan fingerprint density at radius 2 is 2.41 bits per heavy atom. The molecule has 3 nitrogen and oxygen atoms in total. The topological polar surface area (TPSA) is 55.1 Å². The van der Waals surface area contributed by atoms with Gasteiger partial charge in [0.15, 0.2) is 0 Å². The van der Waals surface area contributed by atoms with Crippen LogP contribution in [0.25, 0.3) is 0 Å². The first-order chi connectivity index (χ1) is 8.29. The summed E-state index contributed by atoms with van der Waals surface area (Å²) < 4.78 is 0. The molecule has 1 aliphatic rings. The van der Waals surface area contributed by atoms with Gasteiger partial charge in [0.25, 0.3) is 5.91 Å². The van der Waals surface area contributed by atoms with Crippen LogP contribution in [0.2, 0.25) is 0 Å². The van der Waals surface area contributed by atoms with Gasteiger partial charge in [-0.2, -0.15) is 0 Å². The fourth-order valence-electron chi connectivity index (χ4n) is 1.56. The fraction of sp³-hybridized carbons (Fsp3) is 0.462. The number of hydrogen-bond donors (Lipinski definition) is 2. The minimum Gasteiger partial charge on any atom is -0.352 e. The normalized spacial score (nSPS) is 13.9. The van der Waals surface area contributed by atoms with Crippen molar-refractivity contribution in [2.24, 2.45) is 11.7 Å². The number of nitrogens with one attached hydrogen (secondary N) is 1. The van der Waals surface area contributed by atoms with Gasteiger partial charge < -0.3 is 11.1 Å². The van der Waals surface area contributed by atoms with Crippen molar-refractivity contribution in [3.05, 3.63) is 21.9 Å². The molecule has 3 N–H and O–H groups in total. The number of hydrogen-bond acceptors (Lipinski definition) is 3. The van der Waals surface area contributed by atoms with E-state index in [0.717, 1.165) is 23.8 Å². The summed E-state index contributed by atoms with van der Waals surface area (Å²) in [6, 6.07) is 1.82. The minimum absolute atomic E-state index is 0.00250. The molecule has 0 spiro atoms. The third-order valence-electron chi connectivity index (χ3n) is 2.71. The molecular formula is C13H16N2OS. The smallest absolute Gasteiger partial charge is 0.252 e. The van der Waals surface area contributed by atoms with Crippen molar-refractivity contribution in [3.63, 3.8) is 0 Å². The number of carbonyl (C=O) groups is 1. The van der Waals surface area contributed by atoms with Crippen LogP contribution in [0.3, 0.4) is 0 Å². The zero-order chi connectivity index (χ0) is 12.1. The Morgan fingerprint density at radius 3 is 3.12 bits per heavy atom. The second-order valence-corrected chi connectivity index (χ2v) is 5.10. The lowest BCUT2D eigenvalue weighted by atomic mass is 10.2. The molecule has 1 aromatic rings. The van der Waals surface area contributed by atoms with E-state index in [1.165, 1.54) is 24.2 Å². The highest BCUT2D eigenvalue weighted by atomic mass is 32.1. The molecule has 1 aliphatic carbocycles.